The van der Waals surface area contributed by atoms with Crippen LogP contribution in [0.3, 0.4) is 0 Å². The topological polar surface area (TPSA) is 68.3 Å². The standard InChI is InChI=1S/C17H11BrCl2N2O3S/c18-14-9-13(10-21-17(14)20)26(23,24)22-15-8-11(19)6-7-16(15)25-12-4-2-1-3-5-12/h1-10,22H. The zero-order valence-electron chi connectivity index (χ0n) is 13.0. The van der Waals surface area contributed by atoms with Crippen LogP contribution >= 0.6 is 39.1 Å². The highest BCUT2D eigenvalue weighted by Crippen LogP contribution is 2.34. The van der Waals surface area contributed by atoms with Gasteiger partial charge in [0.2, 0.25) is 0 Å². The second kappa shape index (κ2) is 7.84. The van der Waals surface area contributed by atoms with Gasteiger partial charge in [-0.1, -0.05) is 41.4 Å². The number of halogens is 3. The van der Waals surface area contributed by atoms with E-state index >= 15 is 0 Å². The number of rotatable bonds is 5. The zero-order valence-corrected chi connectivity index (χ0v) is 16.9. The zero-order chi connectivity index (χ0) is 18.7. The first-order chi connectivity index (χ1) is 12.3. The van der Waals surface area contributed by atoms with Crippen molar-refractivity contribution < 1.29 is 13.2 Å². The molecular formula is C17H11BrCl2N2O3S. The quantitative estimate of drug-likeness (QED) is 0.479. The van der Waals surface area contributed by atoms with E-state index in [0.717, 1.165) is 6.20 Å². The fourth-order valence-electron chi connectivity index (χ4n) is 2.04. The van der Waals surface area contributed by atoms with Gasteiger partial charge < -0.3 is 4.74 Å². The Labute approximate surface area is 169 Å². The molecule has 0 radical (unpaired) electrons. The summed E-state index contributed by atoms with van der Waals surface area (Å²) in [6.45, 7) is 0. The first-order valence-electron chi connectivity index (χ1n) is 7.21. The first kappa shape index (κ1) is 19.0. The van der Waals surface area contributed by atoms with Crippen LogP contribution in [0.1, 0.15) is 0 Å². The van der Waals surface area contributed by atoms with Crippen LogP contribution in [0.25, 0.3) is 0 Å². The van der Waals surface area contributed by atoms with Crippen molar-refractivity contribution in [2.24, 2.45) is 0 Å². The molecule has 1 aromatic heterocycles. The molecule has 0 spiro atoms. The predicted molar refractivity (Wildman–Crippen MR) is 106 cm³/mol. The Morgan fingerprint density at radius 3 is 2.46 bits per heavy atom. The van der Waals surface area contributed by atoms with Crippen LogP contribution in [-0.2, 0) is 10.0 Å². The minimum atomic E-state index is -3.92. The Kier molecular flexibility index (Phi) is 5.72. The molecule has 2 aromatic carbocycles. The van der Waals surface area contributed by atoms with Crippen LogP contribution in [0, 0.1) is 0 Å². The van der Waals surface area contributed by atoms with Crippen molar-refractivity contribution in [2.45, 2.75) is 4.90 Å². The largest absolute Gasteiger partial charge is 0.455 e. The molecule has 134 valence electrons. The van der Waals surface area contributed by atoms with Crippen molar-refractivity contribution in [3.05, 3.63) is 75.4 Å². The van der Waals surface area contributed by atoms with Crippen molar-refractivity contribution in [3.63, 3.8) is 0 Å². The second-order valence-corrected chi connectivity index (χ2v) is 8.44. The number of nitrogens with zero attached hydrogens (tertiary/aromatic N) is 1. The molecule has 1 heterocycles. The molecule has 26 heavy (non-hydrogen) atoms. The number of ether oxygens (including phenoxy) is 1. The molecule has 0 unspecified atom stereocenters. The third-order valence-electron chi connectivity index (χ3n) is 3.24. The normalized spacial score (nSPS) is 11.2. The molecule has 0 aliphatic rings. The molecule has 0 saturated carbocycles. The van der Waals surface area contributed by atoms with Crippen molar-refractivity contribution >= 4 is 54.8 Å². The summed E-state index contributed by atoms with van der Waals surface area (Å²) >= 11 is 15.0. The van der Waals surface area contributed by atoms with Gasteiger partial charge in [0, 0.05) is 11.2 Å². The highest BCUT2D eigenvalue weighted by molar-refractivity contribution is 9.10. The highest BCUT2D eigenvalue weighted by atomic mass is 79.9. The van der Waals surface area contributed by atoms with Crippen LogP contribution in [0.4, 0.5) is 5.69 Å². The number of sulfonamides is 1. The average molecular weight is 474 g/mol. The number of aromatic nitrogens is 1. The number of nitrogens with one attached hydrogen (secondary N) is 1. The summed E-state index contributed by atoms with van der Waals surface area (Å²) < 4.78 is 33.9. The smallest absolute Gasteiger partial charge is 0.263 e. The van der Waals surface area contributed by atoms with Crippen LogP contribution in [0.2, 0.25) is 10.2 Å². The van der Waals surface area contributed by atoms with Gasteiger partial charge in [-0.3, -0.25) is 4.72 Å². The minimum Gasteiger partial charge on any atom is -0.455 e. The molecule has 9 heteroatoms. The molecule has 0 saturated heterocycles. The van der Waals surface area contributed by atoms with Gasteiger partial charge in [0.25, 0.3) is 10.0 Å². The maximum absolute atomic E-state index is 12.7. The van der Waals surface area contributed by atoms with Crippen LogP contribution in [-0.4, -0.2) is 13.4 Å². The van der Waals surface area contributed by atoms with Gasteiger partial charge >= 0.3 is 0 Å². The lowest BCUT2D eigenvalue weighted by atomic mass is 10.3. The Morgan fingerprint density at radius 2 is 1.77 bits per heavy atom. The van der Waals surface area contributed by atoms with Gasteiger partial charge in [-0.2, -0.15) is 0 Å². The van der Waals surface area contributed by atoms with Gasteiger partial charge in [-0.15, -0.1) is 0 Å². The number of para-hydroxylation sites is 1. The van der Waals surface area contributed by atoms with Crippen LogP contribution in [0.5, 0.6) is 11.5 Å². The monoisotopic (exact) mass is 472 g/mol. The Balaban J connectivity index is 1.95. The minimum absolute atomic E-state index is 0.0561. The Morgan fingerprint density at radius 1 is 1.04 bits per heavy atom. The summed E-state index contributed by atoms with van der Waals surface area (Å²) in [4.78, 5) is 3.78. The van der Waals surface area contributed by atoms with E-state index in [2.05, 4.69) is 25.6 Å². The third kappa shape index (κ3) is 4.48. The van der Waals surface area contributed by atoms with Crippen molar-refractivity contribution in [3.8, 4) is 11.5 Å². The van der Waals surface area contributed by atoms with Gasteiger partial charge in [0.15, 0.2) is 5.75 Å². The molecule has 3 aromatic rings. The Hall–Kier alpha value is -1.80. The fraction of sp³-hybridized carbons (Fsp3) is 0. The Bertz CT molecular complexity index is 1050. The molecule has 0 atom stereocenters. The summed E-state index contributed by atoms with van der Waals surface area (Å²) in [5, 5.41) is 0.526. The van der Waals surface area contributed by atoms with Gasteiger partial charge in [-0.05, 0) is 52.3 Å². The lowest BCUT2D eigenvalue weighted by molar-refractivity contribution is 0.485. The highest BCUT2D eigenvalue weighted by Gasteiger charge is 2.19. The van der Waals surface area contributed by atoms with Crippen molar-refractivity contribution in [1.29, 1.82) is 0 Å². The molecule has 0 aliphatic heterocycles. The van der Waals surface area contributed by atoms with Gasteiger partial charge in [-0.25, -0.2) is 13.4 Å². The van der Waals surface area contributed by atoms with E-state index < -0.39 is 10.0 Å². The molecular weight excluding hydrogens is 463 g/mol. The molecule has 1 N–H and O–H groups in total. The van der Waals surface area contributed by atoms with E-state index in [9.17, 15) is 8.42 Å². The first-order valence-corrected chi connectivity index (χ1v) is 10.2. The molecule has 0 fully saturated rings. The van der Waals surface area contributed by atoms with Crippen LogP contribution < -0.4 is 9.46 Å². The molecule has 0 amide bonds. The van der Waals surface area contributed by atoms with Gasteiger partial charge in [0.05, 0.1) is 10.2 Å². The second-order valence-electron chi connectivity index (χ2n) is 5.10. The van der Waals surface area contributed by atoms with Crippen molar-refractivity contribution in [1.82, 2.24) is 4.98 Å². The number of hydrogen-bond donors (Lipinski definition) is 1. The molecule has 0 bridgehead atoms. The van der Waals surface area contributed by atoms with E-state index in [1.54, 1.807) is 24.3 Å². The lowest BCUT2D eigenvalue weighted by Crippen LogP contribution is -2.14. The maximum Gasteiger partial charge on any atom is 0.263 e. The summed E-state index contributed by atoms with van der Waals surface area (Å²) in [5.74, 6) is 0.872. The SMILES string of the molecule is O=S(=O)(Nc1cc(Cl)ccc1Oc1ccccc1)c1cnc(Cl)c(Br)c1. The van der Waals surface area contributed by atoms with Crippen LogP contribution in [0.15, 0.2) is 70.2 Å². The summed E-state index contributed by atoms with van der Waals surface area (Å²) in [7, 11) is -3.92. The van der Waals surface area contributed by atoms with E-state index in [0.29, 0.717) is 21.0 Å². The predicted octanol–water partition coefficient (Wildman–Crippen LogP) is 5.74. The fourth-order valence-corrected chi connectivity index (χ4v) is 3.85. The average Bonchev–Trinajstić information content (AvgIpc) is 2.60. The number of benzene rings is 2. The maximum atomic E-state index is 12.7. The molecule has 5 nitrogen and oxygen atoms in total. The van der Waals surface area contributed by atoms with E-state index in [1.165, 1.54) is 12.1 Å². The summed E-state index contributed by atoms with van der Waals surface area (Å²) in [5.41, 5.74) is 0.201. The summed E-state index contributed by atoms with van der Waals surface area (Å²) in [6.07, 6.45) is 1.16. The number of hydrogen-bond acceptors (Lipinski definition) is 4. The van der Waals surface area contributed by atoms with E-state index in [1.807, 2.05) is 18.2 Å². The van der Waals surface area contributed by atoms with E-state index in [-0.39, 0.29) is 15.7 Å². The third-order valence-corrected chi connectivity index (χ3v) is 5.94. The van der Waals surface area contributed by atoms with Gasteiger partial charge in [0.1, 0.15) is 15.8 Å². The number of pyridine rings is 1. The van der Waals surface area contributed by atoms with Crippen molar-refractivity contribution in [2.75, 3.05) is 4.72 Å². The molecule has 3 rings (SSSR count). The summed E-state index contributed by atoms with van der Waals surface area (Å²) in [6, 6.07) is 15.0. The number of anilines is 1. The van der Waals surface area contributed by atoms with E-state index in [4.69, 9.17) is 27.9 Å². The lowest BCUT2D eigenvalue weighted by Gasteiger charge is -2.14. The molecule has 0 aliphatic carbocycles.